The number of ketones is 2. The zero-order valence-corrected chi connectivity index (χ0v) is 23.2. The summed E-state index contributed by atoms with van der Waals surface area (Å²) in [6, 6.07) is 25.6. The fraction of sp³-hybridized carbons (Fsp3) is 0.171. The van der Waals surface area contributed by atoms with Gasteiger partial charge < -0.3 is 24.4 Å². The molecular weight excluding hydrogens is 544 g/mol. The van der Waals surface area contributed by atoms with E-state index in [1.807, 2.05) is 65.7 Å². The van der Waals surface area contributed by atoms with Crippen molar-refractivity contribution in [1.29, 1.82) is 0 Å². The first-order valence-corrected chi connectivity index (χ1v) is 14.1. The Kier molecular flexibility index (Phi) is 5.50. The first kappa shape index (κ1) is 25.3. The van der Waals surface area contributed by atoms with Crippen LogP contribution in [-0.2, 0) is 10.2 Å². The molecule has 8 heteroatoms. The summed E-state index contributed by atoms with van der Waals surface area (Å²) in [6.45, 7) is 0.0722. The largest absolute Gasteiger partial charge is 0.497 e. The normalized spacial score (nSPS) is 23.9. The van der Waals surface area contributed by atoms with Gasteiger partial charge in [-0.2, -0.15) is 0 Å². The third kappa shape index (κ3) is 3.46. The third-order valence-corrected chi connectivity index (χ3v) is 9.15. The van der Waals surface area contributed by atoms with Crippen LogP contribution in [0.5, 0.6) is 17.2 Å². The lowest BCUT2D eigenvalue weighted by Gasteiger charge is -2.38. The highest BCUT2D eigenvalue weighted by Gasteiger charge is 2.70. The maximum atomic E-state index is 14.9. The van der Waals surface area contributed by atoms with E-state index in [2.05, 4.69) is 5.32 Å². The average molecular weight is 571 g/mol. The molecule has 0 unspecified atom stereocenters. The standard InChI is InChI=1S/C35H26N2O6/c1-41-23-13-10-21(11-14-23)31(38)29-30(32(39)22-12-15-27-28(18-22)43-19-42-27)37-17-16-20-6-2-3-7-24(20)33(37)35(29)25-8-4-5-9-26(25)36-34(35)40/h2-18,29-30,33H,19H2,1H3,(H,36,40)/t29-,30+,33-,35-/m0/s1. The van der Waals surface area contributed by atoms with Crippen molar-refractivity contribution in [3.8, 4) is 17.2 Å². The van der Waals surface area contributed by atoms with Gasteiger partial charge in [-0.1, -0.05) is 42.5 Å². The number of anilines is 1. The molecule has 1 fully saturated rings. The van der Waals surface area contributed by atoms with Crippen LogP contribution in [0.15, 0.2) is 97.2 Å². The highest BCUT2D eigenvalue weighted by Crippen LogP contribution is 2.62. The molecule has 4 aliphatic rings. The second-order valence-electron chi connectivity index (χ2n) is 11.1. The van der Waals surface area contributed by atoms with Gasteiger partial charge in [0.1, 0.15) is 17.2 Å². The molecule has 0 saturated carbocycles. The highest BCUT2D eigenvalue weighted by atomic mass is 16.7. The molecule has 4 aromatic rings. The Bertz CT molecular complexity index is 1860. The van der Waals surface area contributed by atoms with Crippen molar-refractivity contribution in [3.63, 3.8) is 0 Å². The Morgan fingerprint density at radius 2 is 1.63 bits per heavy atom. The first-order valence-electron chi connectivity index (χ1n) is 14.1. The van der Waals surface area contributed by atoms with E-state index in [-0.39, 0.29) is 24.3 Å². The van der Waals surface area contributed by atoms with Crippen molar-refractivity contribution in [3.05, 3.63) is 125 Å². The van der Waals surface area contributed by atoms with E-state index in [1.165, 1.54) is 0 Å². The van der Waals surface area contributed by atoms with Crippen LogP contribution < -0.4 is 19.5 Å². The van der Waals surface area contributed by atoms with Crippen LogP contribution in [0, 0.1) is 5.92 Å². The van der Waals surface area contributed by atoms with E-state index in [0.717, 1.165) is 11.1 Å². The van der Waals surface area contributed by atoms with E-state index in [9.17, 15) is 14.4 Å². The van der Waals surface area contributed by atoms with E-state index >= 15 is 0 Å². The van der Waals surface area contributed by atoms with Gasteiger partial charge >= 0.3 is 0 Å². The second kappa shape index (κ2) is 9.32. The minimum Gasteiger partial charge on any atom is -0.497 e. The lowest BCUT2D eigenvalue weighted by molar-refractivity contribution is -0.122. The monoisotopic (exact) mass is 570 g/mol. The Labute approximate surface area is 247 Å². The van der Waals surface area contributed by atoms with Crippen molar-refractivity contribution in [1.82, 2.24) is 4.90 Å². The third-order valence-electron chi connectivity index (χ3n) is 9.15. The Morgan fingerprint density at radius 1 is 0.884 bits per heavy atom. The number of hydrogen-bond acceptors (Lipinski definition) is 7. The highest BCUT2D eigenvalue weighted by molar-refractivity contribution is 6.16. The molecule has 0 bridgehead atoms. The number of carbonyl (C=O) groups is 3. The summed E-state index contributed by atoms with van der Waals surface area (Å²) in [7, 11) is 1.56. The Balaban J connectivity index is 1.39. The Hall–Kier alpha value is -5.37. The number of carbonyl (C=O) groups excluding carboxylic acids is 3. The predicted octanol–water partition coefficient (Wildman–Crippen LogP) is 5.41. The molecule has 8 rings (SSSR count). The summed E-state index contributed by atoms with van der Waals surface area (Å²) in [5, 5.41) is 3.07. The fourth-order valence-corrected chi connectivity index (χ4v) is 7.32. The van der Waals surface area contributed by atoms with Gasteiger partial charge in [-0.15, -0.1) is 0 Å². The summed E-state index contributed by atoms with van der Waals surface area (Å²) in [5.41, 5.74) is 2.53. The molecule has 0 aliphatic carbocycles. The zero-order chi connectivity index (χ0) is 29.3. The number of rotatable bonds is 5. The number of ether oxygens (including phenoxy) is 3. The smallest absolute Gasteiger partial charge is 0.238 e. The van der Waals surface area contributed by atoms with Crippen LogP contribution in [0.1, 0.15) is 43.4 Å². The van der Waals surface area contributed by atoms with Crippen molar-refractivity contribution in [2.75, 3.05) is 19.2 Å². The van der Waals surface area contributed by atoms with E-state index < -0.39 is 23.4 Å². The van der Waals surface area contributed by atoms with Gasteiger partial charge in [0.15, 0.2) is 23.1 Å². The summed E-state index contributed by atoms with van der Waals surface area (Å²) in [6.07, 6.45) is 3.80. The van der Waals surface area contributed by atoms with Crippen molar-refractivity contribution < 1.29 is 28.6 Å². The number of fused-ring (bicyclic) bond motifs is 7. The van der Waals surface area contributed by atoms with Crippen molar-refractivity contribution >= 4 is 29.2 Å². The number of amides is 1. The van der Waals surface area contributed by atoms with E-state index in [0.29, 0.717) is 39.6 Å². The molecular formula is C35H26N2O6. The number of benzene rings is 4. The van der Waals surface area contributed by atoms with Crippen molar-refractivity contribution in [2.45, 2.75) is 17.5 Å². The number of methoxy groups -OCH3 is 1. The van der Waals surface area contributed by atoms with Gasteiger partial charge in [0.25, 0.3) is 0 Å². The predicted molar refractivity (Wildman–Crippen MR) is 158 cm³/mol. The molecule has 1 spiro atoms. The molecule has 1 N–H and O–H groups in total. The molecule has 0 radical (unpaired) electrons. The van der Waals surface area contributed by atoms with Crippen LogP contribution in [0.2, 0.25) is 0 Å². The second-order valence-corrected chi connectivity index (χ2v) is 11.1. The summed E-state index contributed by atoms with van der Waals surface area (Å²) in [5.74, 6) is -0.327. The van der Waals surface area contributed by atoms with Gasteiger partial charge in [0.2, 0.25) is 12.7 Å². The van der Waals surface area contributed by atoms with Crippen LogP contribution in [-0.4, -0.2) is 42.3 Å². The van der Waals surface area contributed by atoms with Crippen LogP contribution in [0.25, 0.3) is 6.08 Å². The summed E-state index contributed by atoms with van der Waals surface area (Å²) >= 11 is 0. The molecule has 43 heavy (non-hydrogen) atoms. The van der Waals surface area contributed by atoms with Gasteiger partial charge in [-0.3, -0.25) is 14.4 Å². The maximum absolute atomic E-state index is 14.9. The molecule has 8 nitrogen and oxygen atoms in total. The zero-order valence-electron chi connectivity index (χ0n) is 23.2. The Morgan fingerprint density at radius 3 is 2.47 bits per heavy atom. The minimum atomic E-state index is -1.40. The van der Waals surface area contributed by atoms with Crippen LogP contribution >= 0.6 is 0 Å². The molecule has 1 amide bonds. The van der Waals surface area contributed by atoms with Crippen molar-refractivity contribution in [2.24, 2.45) is 5.92 Å². The van der Waals surface area contributed by atoms with Crippen LogP contribution in [0.4, 0.5) is 5.69 Å². The molecule has 1 saturated heterocycles. The molecule has 0 aromatic heterocycles. The SMILES string of the molecule is COc1ccc(C(=O)[C@@H]2[C@H](C(=O)c3ccc4c(c3)OCO4)N3C=Cc4ccccc4[C@H]3[C@@]23C(=O)Nc2ccccc23)cc1. The lowest BCUT2D eigenvalue weighted by atomic mass is 9.62. The van der Waals surface area contributed by atoms with Gasteiger partial charge in [0.05, 0.1) is 19.1 Å². The number of nitrogens with zero attached hydrogens (tertiary/aromatic N) is 1. The summed E-state index contributed by atoms with van der Waals surface area (Å²) < 4.78 is 16.4. The maximum Gasteiger partial charge on any atom is 0.238 e. The molecule has 4 heterocycles. The minimum absolute atomic E-state index is 0.0722. The lowest BCUT2D eigenvalue weighted by Crippen LogP contribution is -2.49. The van der Waals surface area contributed by atoms with Gasteiger partial charge in [0, 0.05) is 23.0 Å². The summed E-state index contributed by atoms with van der Waals surface area (Å²) in [4.78, 5) is 46.1. The molecule has 4 atom stereocenters. The molecule has 4 aromatic carbocycles. The van der Waals surface area contributed by atoms with E-state index in [4.69, 9.17) is 14.2 Å². The molecule has 212 valence electrons. The number of hydrogen-bond donors (Lipinski definition) is 1. The number of Topliss-reactive ketones (excluding diaryl/α,β-unsaturated/α-hetero) is 2. The van der Waals surface area contributed by atoms with Crippen LogP contribution in [0.3, 0.4) is 0 Å². The first-order chi connectivity index (χ1) is 21.0. The topological polar surface area (TPSA) is 94.2 Å². The molecule has 4 aliphatic heterocycles. The number of para-hydroxylation sites is 1. The van der Waals surface area contributed by atoms with Gasteiger partial charge in [-0.25, -0.2) is 0 Å². The number of nitrogens with one attached hydrogen (secondary N) is 1. The quantitative estimate of drug-likeness (QED) is 0.321. The average Bonchev–Trinajstić information content (AvgIpc) is 3.73. The fourth-order valence-electron chi connectivity index (χ4n) is 7.32. The van der Waals surface area contributed by atoms with E-state index in [1.54, 1.807) is 49.6 Å². The van der Waals surface area contributed by atoms with Gasteiger partial charge in [-0.05, 0) is 71.3 Å².